The molecule has 2 aromatic rings. The highest BCUT2D eigenvalue weighted by atomic mass is 16.2. The zero-order valence-electron chi connectivity index (χ0n) is 15.8. The highest BCUT2D eigenvalue weighted by molar-refractivity contribution is 5.95. The van der Waals surface area contributed by atoms with Crippen LogP contribution >= 0.6 is 0 Å². The molecule has 0 bridgehead atoms. The minimum absolute atomic E-state index is 0.0676. The number of nitrogens with zero attached hydrogens (tertiary/aromatic N) is 4. The molecule has 0 radical (unpaired) electrons. The van der Waals surface area contributed by atoms with Crippen molar-refractivity contribution in [2.75, 3.05) is 26.7 Å². The maximum atomic E-state index is 12.4. The van der Waals surface area contributed by atoms with Crippen LogP contribution in [0.15, 0.2) is 30.3 Å². The largest absolute Gasteiger partial charge is 0.342 e. The molecule has 0 saturated carbocycles. The van der Waals surface area contributed by atoms with Gasteiger partial charge in [0, 0.05) is 13.6 Å². The summed E-state index contributed by atoms with van der Waals surface area (Å²) in [4.78, 5) is 26.3. The van der Waals surface area contributed by atoms with Gasteiger partial charge in [0.2, 0.25) is 5.91 Å². The molecule has 1 saturated heterocycles. The molecule has 1 aliphatic rings. The molecular formula is C19H26N6O2. The minimum Gasteiger partial charge on any atom is -0.342 e. The van der Waals surface area contributed by atoms with Crippen molar-refractivity contribution in [3.8, 4) is 0 Å². The molecule has 0 atom stereocenters. The molecule has 144 valence electrons. The van der Waals surface area contributed by atoms with Gasteiger partial charge >= 0.3 is 0 Å². The lowest BCUT2D eigenvalue weighted by Crippen LogP contribution is -2.38. The van der Waals surface area contributed by atoms with Crippen molar-refractivity contribution >= 4 is 11.8 Å². The molecular weight excluding hydrogens is 344 g/mol. The summed E-state index contributed by atoms with van der Waals surface area (Å²) >= 11 is 0. The zero-order chi connectivity index (χ0) is 19.2. The second-order valence-electron chi connectivity index (χ2n) is 6.87. The average Bonchev–Trinajstić information content (AvgIpc) is 3.08. The predicted octanol–water partition coefficient (Wildman–Crippen LogP) is 0.899. The smallest absolute Gasteiger partial charge is 0.274 e. The zero-order valence-corrected chi connectivity index (χ0v) is 15.8. The lowest BCUT2D eigenvalue weighted by atomic mass is 10.1. The highest BCUT2D eigenvalue weighted by Gasteiger charge is 2.23. The van der Waals surface area contributed by atoms with Crippen molar-refractivity contribution in [1.82, 2.24) is 30.5 Å². The first-order chi connectivity index (χ1) is 13.1. The van der Waals surface area contributed by atoms with Crippen LogP contribution in [0, 0.1) is 6.92 Å². The predicted molar refractivity (Wildman–Crippen MR) is 101 cm³/mol. The molecule has 2 amide bonds. The Labute approximate surface area is 158 Å². The lowest BCUT2D eigenvalue weighted by molar-refractivity contribution is -0.129. The molecule has 0 aliphatic carbocycles. The number of rotatable bonds is 6. The lowest BCUT2D eigenvalue weighted by Gasteiger charge is -2.23. The van der Waals surface area contributed by atoms with Crippen LogP contribution in [0.4, 0.5) is 0 Å². The number of nitrogens with one attached hydrogen (secondary N) is 2. The molecule has 8 nitrogen and oxygen atoms in total. The second-order valence-corrected chi connectivity index (χ2v) is 6.87. The fourth-order valence-corrected chi connectivity index (χ4v) is 3.27. The summed E-state index contributed by atoms with van der Waals surface area (Å²) in [5.41, 5.74) is 2.07. The summed E-state index contributed by atoms with van der Waals surface area (Å²) in [5, 5.41) is 14.2. The number of benzene rings is 1. The monoisotopic (exact) mass is 370 g/mol. The molecule has 1 aromatic carbocycles. The Balaban J connectivity index is 1.54. The van der Waals surface area contributed by atoms with E-state index in [1.165, 1.54) is 0 Å². The molecule has 1 fully saturated rings. The Morgan fingerprint density at radius 3 is 2.67 bits per heavy atom. The van der Waals surface area contributed by atoms with Crippen LogP contribution in [0.2, 0.25) is 0 Å². The molecule has 1 aromatic heterocycles. The number of amides is 2. The number of piperidine rings is 1. The van der Waals surface area contributed by atoms with Gasteiger partial charge in [-0.1, -0.05) is 35.5 Å². The van der Waals surface area contributed by atoms with E-state index in [0.29, 0.717) is 6.54 Å². The first-order valence-electron chi connectivity index (χ1n) is 9.25. The van der Waals surface area contributed by atoms with E-state index < -0.39 is 0 Å². The topological polar surface area (TPSA) is 92.2 Å². The molecule has 8 heteroatoms. The van der Waals surface area contributed by atoms with Crippen LogP contribution in [0.3, 0.4) is 0 Å². The van der Waals surface area contributed by atoms with Crippen LogP contribution in [-0.2, 0) is 11.3 Å². The van der Waals surface area contributed by atoms with E-state index in [1.807, 2.05) is 41.9 Å². The molecule has 2 heterocycles. The molecule has 3 rings (SSSR count). The van der Waals surface area contributed by atoms with Crippen LogP contribution in [-0.4, -0.2) is 58.4 Å². The first kappa shape index (κ1) is 19.0. The third-order valence-electron chi connectivity index (χ3n) is 4.89. The molecule has 1 aliphatic heterocycles. The SMILES string of the molecule is Cc1c(C(=O)NCC(=O)N(C)Cc2ccccc2)nnn1C1CCNCC1. The van der Waals surface area contributed by atoms with Crippen molar-refractivity contribution in [2.24, 2.45) is 0 Å². The van der Waals surface area contributed by atoms with Crippen LogP contribution in [0.5, 0.6) is 0 Å². The number of hydrogen-bond donors (Lipinski definition) is 2. The van der Waals surface area contributed by atoms with E-state index in [0.717, 1.165) is 37.2 Å². The van der Waals surface area contributed by atoms with Gasteiger partial charge in [-0.25, -0.2) is 4.68 Å². The van der Waals surface area contributed by atoms with Crippen molar-refractivity contribution in [3.05, 3.63) is 47.3 Å². The van der Waals surface area contributed by atoms with Crippen LogP contribution in [0.1, 0.15) is 40.6 Å². The Hall–Kier alpha value is -2.74. The van der Waals surface area contributed by atoms with Crippen LogP contribution < -0.4 is 10.6 Å². The molecule has 0 spiro atoms. The van der Waals surface area contributed by atoms with Gasteiger partial charge in [-0.15, -0.1) is 5.10 Å². The minimum atomic E-state index is -0.367. The van der Waals surface area contributed by atoms with Gasteiger partial charge in [-0.3, -0.25) is 9.59 Å². The van der Waals surface area contributed by atoms with E-state index in [9.17, 15) is 9.59 Å². The van der Waals surface area contributed by atoms with Gasteiger partial charge in [-0.2, -0.15) is 0 Å². The Morgan fingerprint density at radius 2 is 1.96 bits per heavy atom. The Kier molecular flexibility index (Phi) is 6.18. The van der Waals surface area contributed by atoms with E-state index >= 15 is 0 Å². The third kappa shape index (κ3) is 4.71. The van der Waals surface area contributed by atoms with Crippen LogP contribution in [0.25, 0.3) is 0 Å². The normalized spacial score (nSPS) is 14.7. The fraction of sp³-hybridized carbons (Fsp3) is 0.474. The quantitative estimate of drug-likeness (QED) is 0.788. The van der Waals surface area contributed by atoms with E-state index in [1.54, 1.807) is 11.9 Å². The summed E-state index contributed by atoms with van der Waals surface area (Å²) in [5.74, 6) is -0.523. The van der Waals surface area contributed by atoms with E-state index in [4.69, 9.17) is 0 Å². The fourth-order valence-electron chi connectivity index (χ4n) is 3.27. The van der Waals surface area contributed by atoms with Gasteiger partial charge in [-0.05, 0) is 38.4 Å². The van der Waals surface area contributed by atoms with Crippen molar-refractivity contribution < 1.29 is 9.59 Å². The Morgan fingerprint density at radius 1 is 1.26 bits per heavy atom. The average molecular weight is 370 g/mol. The summed E-state index contributed by atoms with van der Waals surface area (Å²) in [6.07, 6.45) is 1.93. The summed E-state index contributed by atoms with van der Waals surface area (Å²) in [6.45, 7) is 4.16. The van der Waals surface area contributed by atoms with Gasteiger partial charge in [0.25, 0.3) is 5.91 Å². The Bertz CT molecular complexity index is 783. The van der Waals surface area contributed by atoms with Gasteiger partial charge < -0.3 is 15.5 Å². The summed E-state index contributed by atoms with van der Waals surface area (Å²) in [7, 11) is 1.72. The van der Waals surface area contributed by atoms with Crippen molar-refractivity contribution in [1.29, 1.82) is 0 Å². The molecule has 0 unspecified atom stereocenters. The highest BCUT2D eigenvalue weighted by Crippen LogP contribution is 2.20. The van der Waals surface area contributed by atoms with Crippen molar-refractivity contribution in [2.45, 2.75) is 32.4 Å². The number of likely N-dealkylation sites (N-methyl/N-ethyl adjacent to an activating group) is 1. The van der Waals surface area contributed by atoms with E-state index in [2.05, 4.69) is 20.9 Å². The van der Waals surface area contributed by atoms with Gasteiger partial charge in [0.15, 0.2) is 5.69 Å². The first-order valence-corrected chi connectivity index (χ1v) is 9.25. The van der Waals surface area contributed by atoms with Gasteiger partial charge in [0.1, 0.15) is 0 Å². The maximum absolute atomic E-state index is 12.4. The second kappa shape index (κ2) is 8.77. The third-order valence-corrected chi connectivity index (χ3v) is 4.89. The van der Waals surface area contributed by atoms with E-state index in [-0.39, 0.29) is 30.1 Å². The number of hydrogen-bond acceptors (Lipinski definition) is 5. The number of carbonyl (C=O) groups excluding carboxylic acids is 2. The number of carbonyl (C=O) groups is 2. The molecule has 2 N–H and O–H groups in total. The van der Waals surface area contributed by atoms with Crippen molar-refractivity contribution in [3.63, 3.8) is 0 Å². The summed E-state index contributed by atoms with van der Waals surface area (Å²) in [6, 6.07) is 9.99. The van der Waals surface area contributed by atoms with Gasteiger partial charge in [0.05, 0.1) is 18.3 Å². The maximum Gasteiger partial charge on any atom is 0.274 e. The number of aromatic nitrogens is 3. The molecule has 27 heavy (non-hydrogen) atoms. The standard InChI is InChI=1S/C19H26N6O2/c1-14-18(22-23-25(14)16-8-10-20-11-9-16)19(27)21-12-17(26)24(2)13-15-6-4-3-5-7-15/h3-7,16,20H,8-13H2,1-2H3,(H,21,27). The summed E-state index contributed by atoms with van der Waals surface area (Å²) < 4.78 is 1.83.